The van der Waals surface area contributed by atoms with Crippen LogP contribution in [0.15, 0.2) is 59.4 Å². The highest BCUT2D eigenvalue weighted by molar-refractivity contribution is 5.81. The fourth-order valence-corrected chi connectivity index (χ4v) is 3.08. The first-order valence-electron chi connectivity index (χ1n) is 10.0. The van der Waals surface area contributed by atoms with Crippen molar-refractivity contribution in [2.24, 2.45) is 0 Å². The molecule has 0 saturated heterocycles. The lowest BCUT2D eigenvalue weighted by molar-refractivity contribution is -0.152. The maximum absolute atomic E-state index is 12.6. The van der Waals surface area contributed by atoms with Gasteiger partial charge in [0, 0.05) is 26.6 Å². The first-order chi connectivity index (χ1) is 15.1. The van der Waals surface area contributed by atoms with Gasteiger partial charge in [-0.1, -0.05) is 42.5 Å². The minimum atomic E-state index is -0.532. The molecule has 0 aliphatic rings. The van der Waals surface area contributed by atoms with Crippen molar-refractivity contribution < 1.29 is 19.1 Å². The normalized spacial score (nSPS) is 10.7. The van der Waals surface area contributed by atoms with Gasteiger partial charge in [-0.3, -0.25) is 14.4 Å². The lowest BCUT2D eigenvalue weighted by Crippen LogP contribution is -2.36. The maximum Gasteiger partial charge on any atom is 0.306 e. The Morgan fingerprint density at radius 2 is 1.81 bits per heavy atom. The summed E-state index contributed by atoms with van der Waals surface area (Å²) in [5.74, 6) is -0.431. The second kappa shape index (κ2) is 11.0. The SMILES string of the molecule is COCCN(Cc1ccccc1)C(=O)COC(=O)CCc1nc2ccccc2c(=O)[nH]1. The standard InChI is InChI=1S/C23H25N3O5/c1-30-14-13-26(15-17-7-3-2-4-8-17)21(27)16-31-22(28)12-11-20-24-19-10-6-5-9-18(19)23(29)25-20/h2-10H,11-16H2,1H3,(H,24,25,29). The number of methoxy groups -OCH3 is 1. The number of fused-ring (bicyclic) bond motifs is 1. The van der Waals surface area contributed by atoms with Crippen LogP contribution in [0.3, 0.4) is 0 Å². The molecule has 1 aromatic heterocycles. The first-order valence-corrected chi connectivity index (χ1v) is 10.0. The van der Waals surface area contributed by atoms with Crippen LogP contribution < -0.4 is 5.56 Å². The average Bonchev–Trinajstić information content (AvgIpc) is 2.79. The van der Waals surface area contributed by atoms with E-state index in [1.54, 1.807) is 36.3 Å². The number of esters is 1. The highest BCUT2D eigenvalue weighted by atomic mass is 16.5. The van der Waals surface area contributed by atoms with E-state index in [-0.39, 0.29) is 30.9 Å². The molecule has 0 saturated carbocycles. The largest absolute Gasteiger partial charge is 0.456 e. The molecule has 0 bridgehead atoms. The van der Waals surface area contributed by atoms with Crippen LogP contribution in [0.1, 0.15) is 17.8 Å². The summed E-state index contributed by atoms with van der Waals surface area (Å²) in [6.07, 6.45) is 0.218. The summed E-state index contributed by atoms with van der Waals surface area (Å²) in [7, 11) is 1.57. The molecule has 8 nitrogen and oxygen atoms in total. The molecule has 1 N–H and O–H groups in total. The van der Waals surface area contributed by atoms with Crippen molar-refractivity contribution in [1.29, 1.82) is 0 Å². The van der Waals surface area contributed by atoms with Crippen LogP contribution in [0.4, 0.5) is 0 Å². The number of carbonyl (C=O) groups excluding carboxylic acids is 2. The van der Waals surface area contributed by atoms with Crippen molar-refractivity contribution in [3.63, 3.8) is 0 Å². The molecule has 3 aromatic rings. The predicted octanol–water partition coefficient (Wildman–Crippen LogP) is 2.07. The maximum atomic E-state index is 12.6. The Balaban J connectivity index is 1.52. The molecule has 0 aliphatic heterocycles. The highest BCUT2D eigenvalue weighted by Crippen LogP contribution is 2.08. The van der Waals surface area contributed by atoms with Gasteiger partial charge in [-0.25, -0.2) is 4.98 Å². The third-order valence-corrected chi connectivity index (χ3v) is 4.72. The molecule has 0 radical (unpaired) electrons. The van der Waals surface area contributed by atoms with Crippen molar-refractivity contribution in [3.05, 3.63) is 76.3 Å². The smallest absolute Gasteiger partial charge is 0.306 e. The fourth-order valence-electron chi connectivity index (χ4n) is 3.08. The topological polar surface area (TPSA) is 102 Å². The number of nitrogens with one attached hydrogen (secondary N) is 1. The van der Waals surface area contributed by atoms with E-state index in [9.17, 15) is 14.4 Å². The summed E-state index contributed by atoms with van der Waals surface area (Å²) < 4.78 is 10.2. The third kappa shape index (κ3) is 6.48. The number of rotatable bonds is 10. The van der Waals surface area contributed by atoms with Gasteiger partial charge in [0.2, 0.25) is 0 Å². The van der Waals surface area contributed by atoms with E-state index in [2.05, 4.69) is 9.97 Å². The number of H-pyrrole nitrogens is 1. The zero-order valence-electron chi connectivity index (χ0n) is 17.4. The van der Waals surface area contributed by atoms with E-state index in [1.165, 1.54) is 0 Å². The van der Waals surface area contributed by atoms with Gasteiger partial charge in [0.25, 0.3) is 11.5 Å². The Kier molecular flexibility index (Phi) is 7.89. The van der Waals surface area contributed by atoms with Gasteiger partial charge in [0.05, 0.1) is 23.9 Å². The Hall–Kier alpha value is -3.52. The molecule has 8 heteroatoms. The summed E-state index contributed by atoms with van der Waals surface area (Å²) in [5, 5.41) is 0.494. The quantitative estimate of drug-likeness (QED) is 0.501. The zero-order chi connectivity index (χ0) is 22.1. The molecule has 1 amide bonds. The molecule has 0 fully saturated rings. The van der Waals surface area contributed by atoms with Gasteiger partial charge in [-0.2, -0.15) is 0 Å². The van der Waals surface area contributed by atoms with Crippen molar-refractivity contribution in [3.8, 4) is 0 Å². The van der Waals surface area contributed by atoms with Crippen LogP contribution in [0.5, 0.6) is 0 Å². The first kappa shape index (κ1) is 22.2. The Labute approximate surface area is 179 Å². The summed E-state index contributed by atoms with van der Waals surface area (Å²) in [5.41, 5.74) is 1.29. The molecule has 0 unspecified atom stereocenters. The number of hydrogen-bond donors (Lipinski definition) is 1. The lowest BCUT2D eigenvalue weighted by atomic mass is 10.2. The average molecular weight is 423 g/mol. The second-order valence-electron chi connectivity index (χ2n) is 6.98. The number of carbonyl (C=O) groups is 2. The molecule has 1 heterocycles. The van der Waals surface area contributed by atoms with Crippen LogP contribution in [-0.4, -0.2) is 53.6 Å². The van der Waals surface area contributed by atoms with Crippen molar-refractivity contribution in [1.82, 2.24) is 14.9 Å². The number of amides is 1. The van der Waals surface area contributed by atoms with Crippen LogP contribution in [-0.2, 0) is 32.0 Å². The van der Waals surface area contributed by atoms with E-state index in [0.29, 0.717) is 36.4 Å². The van der Waals surface area contributed by atoms with Crippen LogP contribution in [0.25, 0.3) is 10.9 Å². The minimum Gasteiger partial charge on any atom is -0.456 e. The van der Waals surface area contributed by atoms with Crippen molar-refractivity contribution in [2.45, 2.75) is 19.4 Å². The summed E-state index contributed by atoms with van der Waals surface area (Å²) in [6, 6.07) is 16.6. The molecule has 162 valence electrons. The van der Waals surface area contributed by atoms with E-state index in [4.69, 9.17) is 9.47 Å². The minimum absolute atomic E-state index is 0.00527. The number of aromatic nitrogens is 2. The number of nitrogens with zero attached hydrogens (tertiary/aromatic N) is 2. The van der Waals surface area contributed by atoms with Crippen molar-refractivity contribution >= 4 is 22.8 Å². The monoisotopic (exact) mass is 423 g/mol. The number of benzene rings is 2. The van der Waals surface area contributed by atoms with Gasteiger partial charge >= 0.3 is 5.97 Å². The van der Waals surface area contributed by atoms with E-state index >= 15 is 0 Å². The highest BCUT2D eigenvalue weighted by Gasteiger charge is 2.16. The summed E-state index contributed by atoms with van der Waals surface area (Å²) in [6.45, 7) is 0.831. The molecule has 0 aliphatic carbocycles. The van der Waals surface area contributed by atoms with E-state index < -0.39 is 5.97 Å². The van der Waals surface area contributed by atoms with Crippen LogP contribution in [0.2, 0.25) is 0 Å². The second-order valence-corrected chi connectivity index (χ2v) is 6.98. The summed E-state index contributed by atoms with van der Waals surface area (Å²) >= 11 is 0. The van der Waals surface area contributed by atoms with Gasteiger partial charge in [-0.15, -0.1) is 0 Å². The van der Waals surface area contributed by atoms with Crippen LogP contribution >= 0.6 is 0 Å². The predicted molar refractivity (Wildman–Crippen MR) is 115 cm³/mol. The van der Waals surface area contributed by atoms with Crippen molar-refractivity contribution in [2.75, 3.05) is 26.9 Å². The molecule has 2 aromatic carbocycles. The van der Waals surface area contributed by atoms with E-state index in [1.807, 2.05) is 30.3 Å². The number of aromatic amines is 1. The molecule has 0 atom stereocenters. The molecule has 31 heavy (non-hydrogen) atoms. The number of hydrogen-bond acceptors (Lipinski definition) is 6. The number of aryl methyl sites for hydroxylation is 1. The van der Waals surface area contributed by atoms with Gasteiger partial charge in [0.1, 0.15) is 5.82 Å². The summed E-state index contributed by atoms with van der Waals surface area (Å²) in [4.78, 5) is 45.4. The molecular weight excluding hydrogens is 398 g/mol. The van der Waals surface area contributed by atoms with Gasteiger partial charge in [-0.05, 0) is 17.7 Å². The van der Waals surface area contributed by atoms with Gasteiger partial charge in [0.15, 0.2) is 6.61 Å². The Morgan fingerprint density at radius 1 is 1.06 bits per heavy atom. The van der Waals surface area contributed by atoms with Crippen LogP contribution in [0, 0.1) is 0 Å². The Bertz CT molecular complexity index is 1080. The molecule has 0 spiro atoms. The zero-order valence-corrected chi connectivity index (χ0v) is 17.4. The molecule has 3 rings (SSSR count). The molecular formula is C23H25N3O5. The number of para-hydroxylation sites is 1. The number of ether oxygens (including phenoxy) is 2. The van der Waals surface area contributed by atoms with E-state index in [0.717, 1.165) is 5.56 Å². The third-order valence-electron chi connectivity index (χ3n) is 4.72. The Morgan fingerprint density at radius 3 is 2.58 bits per heavy atom. The van der Waals surface area contributed by atoms with Gasteiger partial charge < -0.3 is 19.4 Å². The fraction of sp³-hybridized carbons (Fsp3) is 0.304. The lowest BCUT2D eigenvalue weighted by Gasteiger charge is -2.22.